The van der Waals surface area contributed by atoms with E-state index in [1.165, 1.54) is 6.08 Å². The van der Waals surface area contributed by atoms with Gasteiger partial charge < -0.3 is 19.5 Å². The number of amides is 1. The number of nitrogens with one attached hydrogen (secondary N) is 1. The summed E-state index contributed by atoms with van der Waals surface area (Å²) in [4.78, 5) is 11.8. The summed E-state index contributed by atoms with van der Waals surface area (Å²) in [7, 11) is 1.62. The third-order valence-corrected chi connectivity index (χ3v) is 3.35. The molecular formula is C20H23NO4. The second-order valence-electron chi connectivity index (χ2n) is 5.15. The fourth-order valence-corrected chi connectivity index (χ4v) is 2.09. The van der Waals surface area contributed by atoms with E-state index in [1.807, 2.05) is 55.5 Å². The molecule has 0 aromatic heterocycles. The minimum Gasteiger partial charge on any atom is -0.497 e. The van der Waals surface area contributed by atoms with Crippen molar-refractivity contribution in [3.05, 3.63) is 60.2 Å². The first-order chi connectivity index (χ1) is 12.2. The van der Waals surface area contributed by atoms with E-state index in [4.69, 9.17) is 14.2 Å². The molecule has 25 heavy (non-hydrogen) atoms. The Balaban J connectivity index is 1.69. The minimum atomic E-state index is -0.160. The number of hydrogen-bond acceptors (Lipinski definition) is 4. The summed E-state index contributed by atoms with van der Waals surface area (Å²) in [5.41, 5.74) is 0.938. The molecule has 5 heteroatoms. The van der Waals surface area contributed by atoms with Gasteiger partial charge in [0.2, 0.25) is 5.91 Å². The summed E-state index contributed by atoms with van der Waals surface area (Å²) < 4.78 is 16.0. The van der Waals surface area contributed by atoms with Gasteiger partial charge in [0.25, 0.3) is 0 Å². The van der Waals surface area contributed by atoms with Gasteiger partial charge in [-0.1, -0.05) is 12.1 Å². The predicted octanol–water partition coefficient (Wildman–Crippen LogP) is 3.30. The van der Waals surface area contributed by atoms with Crippen LogP contribution in [0.25, 0.3) is 6.08 Å². The molecule has 0 heterocycles. The van der Waals surface area contributed by atoms with E-state index in [0.717, 1.165) is 22.8 Å². The van der Waals surface area contributed by atoms with Crippen molar-refractivity contribution in [2.45, 2.75) is 6.92 Å². The van der Waals surface area contributed by atoms with Crippen molar-refractivity contribution in [3.8, 4) is 17.2 Å². The van der Waals surface area contributed by atoms with Crippen LogP contribution in [-0.2, 0) is 4.79 Å². The van der Waals surface area contributed by atoms with Crippen LogP contribution in [-0.4, -0.2) is 32.8 Å². The Kier molecular flexibility index (Phi) is 7.38. The number of carbonyl (C=O) groups excluding carboxylic acids is 1. The van der Waals surface area contributed by atoms with Gasteiger partial charge in [-0.15, -0.1) is 0 Å². The van der Waals surface area contributed by atoms with E-state index >= 15 is 0 Å². The van der Waals surface area contributed by atoms with Crippen LogP contribution in [0, 0.1) is 0 Å². The zero-order valence-corrected chi connectivity index (χ0v) is 14.5. The fraction of sp³-hybridized carbons (Fsp3) is 0.250. The molecule has 0 fully saturated rings. The summed E-state index contributed by atoms with van der Waals surface area (Å²) >= 11 is 0. The smallest absolute Gasteiger partial charge is 0.244 e. The molecule has 5 nitrogen and oxygen atoms in total. The standard InChI is InChI=1S/C20H23NO4/c1-3-24-18-7-4-16(5-8-18)6-13-20(22)21-14-15-25-19-11-9-17(23-2)10-12-19/h4-13H,3,14-15H2,1-2H3,(H,21,22)/b13-6+. The Labute approximate surface area is 148 Å². The van der Waals surface area contributed by atoms with Crippen LogP contribution in [0.15, 0.2) is 54.6 Å². The van der Waals surface area contributed by atoms with Gasteiger partial charge in [0.1, 0.15) is 23.9 Å². The monoisotopic (exact) mass is 341 g/mol. The van der Waals surface area contributed by atoms with Gasteiger partial charge in [0, 0.05) is 6.08 Å². The molecule has 0 unspecified atom stereocenters. The molecule has 0 aliphatic rings. The third-order valence-electron chi connectivity index (χ3n) is 3.35. The van der Waals surface area contributed by atoms with Crippen molar-refractivity contribution in [1.29, 1.82) is 0 Å². The van der Waals surface area contributed by atoms with Crippen LogP contribution in [0.2, 0.25) is 0 Å². The highest BCUT2D eigenvalue weighted by Crippen LogP contribution is 2.16. The summed E-state index contributed by atoms with van der Waals surface area (Å²) in [6.45, 7) is 3.40. The van der Waals surface area contributed by atoms with E-state index in [2.05, 4.69) is 5.32 Å². The molecule has 0 saturated carbocycles. The van der Waals surface area contributed by atoms with Gasteiger partial charge in [-0.2, -0.15) is 0 Å². The molecular weight excluding hydrogens is 318 g/mol. The lowest BCUT2D eigenvalue weighted by Gasteiger charge is -2.07. The van der Waals surface area contributed by atoms with Crippen LogP contribution < -0.4 is 19.5 Å². The Morgan fingerprint density at radius 3 is 2.20 bits per heavy atom. The summed E-state index contributed by atoms with van der Waals surface area (Å²) in [5, 5.41) is 2.78. The molecule has 1 N–H and O–H groups in total. The molecule has 0 radical (unpaired) electrons. The maximum Gasteiger partial charge on any atom is 0.244 e. The average molecular weight is 341 g/mol. The SMILES string of the molecule is CCOc1ccc(/C=C/C(=O)NCCOc2ccc(OC)cc2)cc1. The first-order valence-corrected chi connectivity index (χ1v) is 8.17. The average Bonchev–Trinajstić information content (AvgIpc) is 2.65. The number of benzene rings is 2. The Morgan fingerprint density at radius 2 is 1.56 bits per heavy atom. The van der Waals surface area contributed by atoms with Gasteiger partial charge in [0.05, 0.1) is 20.3 Å². The van der Waals surface area contributed by atoms with Gasteiger partial charge >= 0.3 is 0 Å². The molecule has 132 valence electrons. The molecule has 0 bridgehead atoms. The topological polar surface area (TPSA) is 56.8 Å². The van der Waals surface area contributed by atoms with Crippen LogP contribution in [0.4, 0.5) is 0 Å². The van der Waals surface area contributed by atoms with Crippen molar-refractivity contribution in [1.82, 2.24) is 5.32 Å². The number of ether oxygens (including phenoxy) is 3. The molecule has 0 spiro atoms. The first kappa shape index (κ1) is 18.4. The number of methoxy groups -OCH3 is 1. The van der Waals surface area contributed by atoms with E-state index in [1.54, 1.807) is 13.2 Å². The Bertz CT molecular complexity index is 678. The largest absolute Gasteiger partial charge is 0.497 e. The molecule has 1 amide bonds. The second kappa shape index (κ2) is 10.0. The quantitative estimate of drug-likeness (QED) is 0.562. The highest BCUT2D eigenvalue weighted by atomic mass is 16.5. The Hall–Kier alpha value is -2.95. The number of rotatable bonds is 9. The molecule has 2 aromatic carbocycles. The molecule has 0 aliphatic heterocycles. The lowest BCUT2D eigenvalue weighted by atomic mass is 10.2. The second-order valence-corrected chi connectivity index (χ2v) is 5.15. The van der Waals surface area contributed by atoms with Crippen LogP contribution in [0.3, 0.4) is 0 Å². The van der Waals surface area contributed by atoms with Crippen molar-refractivity contribution >= 4 is 12.0 Å². The molecule has 0 saturated heterocycles. The fourth-order valence-electron chi connectivity index (χ4n) is 2.09. The van der Waals surface area contributed by atoms with Crippen molar-refractivity contribution in [2.24, 2.45) is 0 Å². The molecule has 2 aromatic rings. The van der Waals surface area contributed by atoms with E-state index in [9.17, 15) is 4.79 Å². The van der Waals surface area contributed by atoms with Gasteiger partial charge in [-0.05, 0) is 55.0 Å². The zero-order chi connectivity index (χ0) is 17.9. The lowest BCUT2D eigenvalue weighted by molar-refractivity contribution is -0.116. The van der Waals surface area contributed by atoms with E-state index in [-0.39, 0.29) is 5.91 Å². The highest BCUT2D eigenvalue weighted by Gasteiger charge is 1.98. The number of hydrogen-bond donors (Lipinski definition) is 1. The van der Waals surface area contributed by atoms with Gasteiger partial charge in [-0.3, -0.25) is 4.79 Å². The maximum absolute atomic E-state index is 11.8. The third kappa shape index (κ3) is 6.59. The van der Waals surface area contributed by atoms with Crippen molar-refractivity contribution in [2.75, 3.05) is 26.9 Å². The summed E-state index contributed by atoms with van der Waals surface area (Å²) in [6.07, 6.45) is 3.26. The minimum absolute atomic E-state index is 0.160. The zero-order valence-electron chi connectivity index (χ0n) is 14.5. The normalized spacial score (nSPS) is 10.5. The van der Waals surface area contributed by atoms with Crippen LogP contribution in [0.1, 0.15) is 12.5 Å². The van der Waals surface area contributed by atoms with Gasteiger partial charge in [-0.25, -0.2) is 0 Å². The Morgan fingerprint density at radius 1 is 0.960 bits per heavy atom. The number of carbonyl (C=O) groups is 1. The van der Waals surface area contributed by atoms with Gasteiger partial charge in [0.15, 0.2) is 0 Å². The molecule has 0 atom stereocenters. The highest BCUT2D eigenvalue weighted by molar-refractivity contribution is 5.91. The van der Waals surface area contributed by atoms with Crippen LogP contribution >= 0.6 is 0 Å². The predicted molar refractivity (Wildman–Crippen MR) is 98.1 cm³/mol. The van der Waals surface area contributed by atoms with E-state index in [0.29, 0.717) is 19.8 Å². The lowest BCUT2D eigenvalue weighted by Crippen LogP contribution is -2.26. The summed E-state index contributed by atoms with van der Waals surface area (Å²) in [5.74, 6) is 2.17. The summed E-state index contributed by atoms with van der Waals surface area (Å²) in [6, 6.07) is 14.9. The van der Waals surface area contributed by atoms with Crippen molar-refractivity contribution in [3.63, 3.8) is 0 Å². The first-order valence-electron chi connectivity index (χ1n) is 8.17. The maximum atomic E-state index is 11.8. The van der Waals surface area contributed by atoms with E-state index < -0.39 is 0 Å². The van der Waals surface area contributed by atoms with Crippen LogP contribution in [0.5, 0.6) is 17.2 Å². The molecule has 0 aliphatic carbocycles. The molecule has 2 rings (SSSR count). The van der Waals surface area contributed by atoms with Crippen molar-refractivity contribution < 1.29 is 19.0 Å².